The van der Waals surface area contributed by atoms with E-state index < -0.39 is 27.6 Å². The standard InChI is InChI=1S/C14H19NO4S/c1-10-5-7-11(8-6-10)20(17,18)15-9-12(15)13(16)19-14(2,3)4/h5-8,12H,9H2,1-4H3. The van der Waals surface area contributed by atoms with Crippen molar-refractivity contribution in [3.63, 3.8) is 0 Å². The number of hydrogen-bond acceptors (Lipinski definition) is 4. The molecule has 6 heteroatoms. The van der Waals surface area contributed by atoms with Gasteiger partial charge in [0.1, 0.15) is 11.6 Å². The second-order valence-electron chi connectivity index (χ2n) is 5.94. The molecule has 0 radical (unpaired) electrons. The number of ether oxygens (including phenoxy) is 1. The van der Waals surface area contributed by atoms with Gasteiger partial charge in [0.25, 0.3) is 0 Å². The maximum absolute atomic E-state index is 12.3. The summed E-state index contributed by atoms with van der Waals surface area (Å²) in [6, 6.07) is 5.88. The SMILES string of the molecule is Cc1ccc(S(=O)(=O)N2CC2C(=O)OC(C)(C)C)cc1. The van der Waals surface area contributed by atoms with Crippen LogP contribution in [0.3, 0.4) is 0 Å². The first kappa shape index (κ1) is 15.0. The molecule has 1 heterocycles. The van der Waals surface area contributed by atoms with Crippen molar-refractivity contribution in [2.24, 2.45) is 0 Å². The third-order valence-corrected chi connectivity index (χ3v) is 4.76. The molecule has 0 saturated carbocycles. The Kier molecular flexibility index (Phi) is 3.64. The van der Waals surface area contributed by atoms with Gasteiger partial charge in [-0.15, -0.1) is 0 Å². The Morgan fingerprint density at radius 2 is 1.80 bits per heavy atom. The van der Waals surface area contributed by atoms with E-state index in [1.807, 2.05) is 6.92 Å². The molecule has 1 aliphatic rings. The van der Waals surface area contributed by atoms with Crippen LogP contribution in [0.15, 0.2) is 29.2 Å². The zero-order chi connectivity index (χ0) is 15.1. The van der Waals surface area contributed by atoms with Crippen molar-refractivity contribution < 1.29 is 17.9 Å². The predicted octanol–water partition coefficient (Wildman–Crippen LogP) is 1.71. The molecule has 0 bridgehead atoms. The Hall–Kier alpha value is -1.40. The van der Waals surface area contributed by atoms with Crippen molar-refractivity contribution in [2.75, 3.05) is 6.54 Å². The van der Waals surface area contributed by atoms with Crippen LogP contribution in [-0.4, -0.2) is 36.9 Å². The molecule has 5 nitrogen and oxygen atoms in total. The number of aryl methyl sites for hydroxylation is 1. The quantitative estimate of drug-likeness (QED) is 0.629. The van der Waals surface area contributed by atoms with E-state index in [-0.39, 0.29) is 11.4 Å². The van der Waals surface area contributed by atoms with E-state index in [2.05, 4.69) is 0 Å². The molecule has 110 valence electrons. The third kappa shape index (κ3) is 3.19. The smallest absolute Gasteiger partial charge is 0.326 e. The van der Waals surface area contributed by atoms with Gasteiger partial charge in [-0.2, -0.15) is 4.31 Å². The molecule has 0 amide bonds. The summed E-state index contributed by atoms with van der Waals surface area (Å²) < 4.78 is 31.0. The second kappa shape index (κ2) is 4.86. The second-order valence-corrected chi connectivity index (χ2v) is 7.83. The molecular formula is C14H19NO4S. The number of sulfonamides is 1. The molecule has 0 aromatic heterocycles. The number of benzene rings is 1. The topological polar surface area (TPSA) is 63.5 Å². The maximum atomic E-state index is 12.3. The van der Waals surface area contributed by atoms with Crippen LogP contribution in [0.5, 0.6) is 0 Å². The number of hydrogen-bond donors (Lipinski definition) is 0. The summed E-state index contributed by atoms with van der Waals surface area (Å²) >= 11 is 0. The number of nitrogens with zero attached hydrogens (tertiary/aromatic N) is 1. The van der Waals surface area contributed by atoms with Gasteiger partial charge in [-0.05, 0) is 39.8 Å². The molecule has 20 heavy (non-hydrogen) atoms. The van der Waals surface area contributed by atoms with Crippen molar-refractivity contribution in [3.8, 4) is 0 Å². The van der Waals surface area contributed by atoms with E-state index in [9.17, 15) is 13.2 Å². The van der Waals surface area contributed by atoms with Gasteiger partial charge in [0.05, 0.1) is 4.90 Å². The monoisotopic (exact) mass is 297 g/mol. The molecule has 1 fully saturated rings. The maximum Gasteiger partial charge on any atom is 0.326 e. The van der Waals surface area contributed by atoms with Gasteiger partial charge in [0.15, 0.2) is 0 Å². The first-order valence-corrected chi connectivity index (χ1v) is 7.87. The van der Waals surface area contributed by atoms with Crippen LogP contribution in [0.1, 0.15) is 26.3 Å². The lowest BCUT2D eigenvalue weighted by Gasteiger charge is -2.19. The summed E-state index contributed by atoms with van der Waals surface area (Å²) in [5.74, 6) is -0.492. The molecule has 0 N–H and O–H groups in total. The molecule has 2 rings (SSSR count). The van der Waals surface area contributed by atoms with Crippen molar-refractivity contribution in [3.05, 3.63) is 29.8 Å². The molecule has 0 spiro atoms. The summed E-state index contributed by atoms with van der Waals surface area (Å²) in [6.07, 6.45) is 0. The normalized spacial score (nSPS) is 22.4. The Labute approximate surface area is 119 Å². The minimum atomic E-state index is -3.60. The van der Waals surface area contributed by atoms with Gasteiger partial charge >= 0.3 is 5.97 Å². The molecule has 1 saturated heterocycles. The lowest BCUT2D eigenvalue weighted by atomic mass is 10.2. The Balaban J connectivity index is 2.11. The fraction of sp³-hybridized carbons (Fsp3) is 0.500. The van der Waals surface area contributed by atoms with E-state index in [1.54, 1.807) is 45.0 Å². The summed E-state index contributed by atoms with van der Waals surface area (Å²) in [6.45, 7) is 7.34. The third-order valence-electron chi connectivity index (χ3n) is 2.87. The highest BCUT2D eigenvalue weighted by molar-refractivity contribution is 7.89. The highest BCUT2D eigenvalue weighted by Crippen LogP contribution is 2.30. The molecular weight excluding hydrogens is 278 g/mol. The van der Waals surface area contributed by atoms with Crippen molar-refractivity contribution in [1.82, 2.24) is 4.31 Å². The van der Waals surface area contributed by atoms with Crippen LogP contribution in [0.2, 0.25) is 0 Å². The number of carbonyl (C=O) groups is 1. The van der Waals surface area contributed by atoms with Gasteiger partial charge in [0, 0.05) is 6.54 Å². The van der Waals surface area contributed by atoms with Gasteiger partial charge < -0.3 is 4.74 Å². The molecule has 2 atom stereocenters. The lowest BCUT2D eigenvalue weighted by Crippen LogP contribution is -2.29. The van der Waals surface area contributed by atoms with Gasteiger partial charge in [-0.25, -0.2) is 8.42 Å². The molecule has 0 aliphatic carbocycles. The number of esters is 1. The van der Waals surface area contributed by atoms with Crippen molar-refractivity contribution >= 4 is 16.0 Å². The average Bonchev–Trinajstić information content (AvgIpc) is 3.07. The van der Waals surface area contributed by atoms with Crippen molar-refractivity contribution in [1.29, 1.82) is 0 Å². The molecule has 1 aromatic carbocycles. The summed E-state index contributed by atoms with van der Waals surface area (Å²) in [5, 5.41) is 0. The van der Waals surface area contributed by atoms with Gasteiger partial charge in [-0.1, -0.05) is 17.7 Å². The van der Waals surface area contributed by atoms with E-state index in [0.717, 1.165) is 9.87 Å². The first-order chi connectivity index (χ1) is 9.11. The van der Waals surface area contributed by atoms with Crippen LogP contribution < -0.4 is 0 Å². The average molecular weight is 297 g/mol. The van der Waals surface area contributed by atoms with Gasteiger partial charge in [-0.3, -0.25) is 4.79 Å². The minimum Gasteiger partial charge on any atom is -0.459 e. The number of rotatable bonds is 3. The summed E-state index contributed by atoms with van der Waals surface area (Å²) in [7, 11) is -3.60. The Bertz CT molecular complexity index is 614. The predicted molar refractivity (Wildman–Crippen MR) is 74.7 cm³/mol. The van der Waals surface area contributed by atoms with Crippen LogP contribution >= 0.6 is 0 Å². The van der Waals surface area contributed by atoms with E-state index in [1.165, 1.54) is 0 Å². The van der Waals surface area contributed by atoms with Gasteiger partial charge in [0.2, 0.25) is 10.0 Å². The minimum absolute atomic E-state index is 0.186. The molecule has 1 aliphatic heterocycles. The largest absolute Gasteiger partial charge is 0.459 e. The molecule has 2 unspecified atom stereocenters. The van der Waals surface area contributed by atoms with E-state index in [0.29, 0.717) is 0 Å². The van der Waals surface area contributed by atoms with Crippen LogP contribution in [0.4, 0.5) is 0 Å². The molecule has 1 aromatic rings. The summed E-state index contributed by atoms with van der Waals surface area (Å²) in [5.41, 5.74) is 0.373. The zero-order valence-corrected chi connectivity index (χ0v) is 12.9. The fourth-order valence-corrected chi connectivity index (χ4v) is 3.31. The van der Waals surface area contributed by atoms with Crippen molar-refractivity contribution in [2.45, 2.75) is 44.2 Å². The van der Waals surface area contributed by atoms with Crippen LogP contribution in [0.25, 0.3) is 0 Å². The van der Waals surface area contributed by atoms with E-state index in [4.69, 9.17) is 4.74 Å². The Morgan fingerprint density at radius 1 is 1.25 bits per heavy atom. The zero-order valence-electron chi connectivity index (χ0n) is 12.1. The first-order valence-electron chi connectivity index (χ1n) is 6.43. The Morgan fingerprint density at radius 3 is 2.30 bits per heavy atom. The van der Waals surface area contributed by atoms with Crippen LogP contribution in [-0.2, 0) is 19.6 Å². The van der Waals surface area contributed by atoms with E-state index >= 15 is 0 Å². The number of carbonyl (C=O) groups excluding carboxylic acids is 1. The highest BCUT2D eigenvalue weighted by atomic mass is 32.2. The fourth-order valence-electron chi connectivity index (χ4n) is 1.80. The highest BCUT2D eigenvalue weighted by Gasteiger charge is 2.51. The van der Waals surface area contributed by atoms with Crippen LogP contribution in [0, 0.1) is 6.92 Å². The lowest BCUT2D eigenvalue weighted by molar-refractivity contribution is -0.154. The summed E-state index contributed by atoms with van der Waals surface area (Å²) in [4.78, 5) is 12.0.